The lowest BCUT2D eigenvalue weighted by Gasteiger charge is -2.08. The Bertz CT molecular complexity index is 181. The predicted molar refractivity (Wildman–Crippen MR) is 37.1 cm³/mol. The molecule has 1 rings (SSSR count). The molecule has 1 fully saturated rings. The predicted octanol–water partition coefficient (Wildman–Crippen LogP) is -1.45. The first-order chi connectivity index (χ1) is 5.20. The molecule has 3 N–H and O–H groups in total. The van der Waals surface area contributed by atoms with E-state index in [2.05, 4.69) is 10.6 Å². The maximum absolute atomic E-state index is 10.8. The number of hydrogen-bond donors (Lipinski definition) is 3. The number of aliphatic carboxylic acids is 1. The van der Waals surface area contributed by atoms with Crippen molar-refractivity contribution in [3.8, 4) is 0 Å². The summed E-state index contributed by atoms with van der Waals surface area (Å²) < 4.78 is 0. The highest BCUT2D eigenvalue weighted by atomic mass is 16.4. The molecule has 0 radical (unpaired) electrons. The van der Waals surface area contributed by atoms with Gasteiger partial charge in [-0.2, -0.15) is 0 Å². The van der Waals surface area contributed by atoms with Gasteiger partial charge in [-0.1, -0.05) is 0 Å². The van der Waals surface area contributed by atoms with Gasteiger partial charge >= 0.3 is 5.97 Å². The molecule has 1 heterocycles. The van der Waals surface area contributed by atoms with Crippen LogP contribution >= 0.6 is 0 Å². The van der Waals surface area contributed by atoms with Gasteiger partial charge in [0.2, 0.25) is 5.91 Å². The number of carboxylic acids is 1. The van der Waals surface area contributed by atoms with Crippen LogP contribution in [0.25, 0.3) is 0 Å². The largest absolute Gasteiger partial charge is 0.480 e. The van der Waals surface area contributed by atoms with Crippen LogP contribution in [0.4, 0.5) is 0 Å². The van der Waals surface area contributed by atoms with E-state index >= 15 is 0 Å². The highest BCUT2D eigenvalue weighted by Gasteiger charge is 2.21. The molecule has 0 aromatic carbocycles. The Morgan fingerprint density at radius 1 is 1.64 bits per heavy atom. The van der Waals surface area contributed by atoms with E-state index in [1.165, 1.54) is 0 Å². The first-order valence-electron chi connectivity index (χ1n) is 3.43. The molecule has 0 spiro atoms. The summed E-state index contributed by atoms with van der Waals surface area (Å²) in [6.45, 7) is 0.777. The summed E-state index contributed by atoms with van der Waals surface area (Å²) in [7, 11) is 0. The minimum Gasteiger partial charge on any atom is -0.480 e. The van der Waals surface area contributed by atoms with Crippen LogP contribution in [0, 0.1) is 0 Å². The highest BCUT2D eigenvalue weighted by molar-refractivity contribution is 5.85. The molecular formula is C6H10N2O3. The number of rotatable bonds is 1. The lowest BCUT2D eigenvalue weighted by atomic mass is 10.2. The smallest absolute Gasteiger partial charge is 0.326 e. The van der Waals surface area contributed by atoms with E-state index in [-0.39, 0.29) is 12.5 Å². The monoisotopic (exact) mass is 158 g/mol. The molecule has 1 unspecified atom stereocenters. The van der Waals surface area contributed by atoms with E-state index in [4.69, 9.17) is 5.11 Å². The maximum Gasteiger partial charge on any atom is 0.326 e. The molecule has 0 aromatic rings. The van der Waals surface area contributed by atoms with Crippen LogP contribution in [0.3, 0.4) is 0 Å². The molecule has 1 atom stereocenters. The molecule has 0 bridgehead atoms. The van der Waals surface area contributed by atoms with E-state index in [0.717, 1.165) is 0 Å². The van der Waals surface area contributed by atoms with Crippen molar-refractivity contribution in [2.45, 2.75) is 12.5 Å². The van der Waals surface area contributed by atoms with Crippen molar-refractivity contribution in [1.29, 1.82) is 0 Å². The number of hydrogen-bond acceptors (Lipinski definition) is 3. The molecular weight excluding hydrogens is 148 g/mol. The molecule has 5 heteroatoms. The number of carbonyl (C=O) groups excluding carboxylic acids is 1. The van der Waals surface area contributed by atoms with Gasteiger partial charge in [-0.25, -0.2) is 4.79 Å². The van der Waals surface area contributed by atoms with Gasteiger partial charge in [0.15, 0.2) is 0 Å². The van der Waals surface area contributed by atoms with Crippen LogP contribution < -0.4 is 10.6 Å². The Morgan fingerprint density at radius 3 is 3.00 bits per heavy atom. The van der Waals surface area contributed by atoms with Gasteiger partial charge in [-0.3, -0.25) is 4.79 Å². The number of nitrogens with one attached hydrogen (secondary N) is 2. The summed E-state index contributed by atoms with van der Waals surface area (Å²) in [5, 5.41) is 13.7. The van der Waals surface area contributed by atoms with Crippen molar-refractivity contribution in [2.24, 2.45) is 0 Å². The third kappa shape index (κ3) is 2.19. The Labute approximate surface area is 63.8 Å². The van der Waals surface area contributed by atoms with Gasteiger partial charge < -0.3 is 15.7 Å². The first kappa shape index (κ1) is 8.00. The molecule has 5 nitrogen and oxygen atoms in total. The minimum absolute atomic E-state index is 0.212. The van der Waals surface area contributed by atoms with Crippen LogP contribution in [0.5, 0.6) is 0 Å². The lowest BCUT2D eigenvalue weighted by molar-refractivity contribution is -0.141. The third-order valence-corrected chi connectivity index (χ3v) is 1.53. The van der Waals surface area contributed by atoms with Crippen LogP contribution in [0.2, 0.25) is 0 Å². The zero-order valence-electron chi connectivity index (χ0n) is 5.96. The normalized spacial score (nSPS) is 25.5. The topological polar surface area (TPSA) is 78.4 Å². The van der Waals surface area contributed by atoms with E-state index in [9.17, 15) is 9.59 Å². The van der Waals surface area contributed by atoms with Crippen molar-refractivity contribution in [3.63, 3.8) is 0 Å². The highest BCUT2D eigenvalue weighted by Crippen LogP contribution is 1.93. The fraction of sp³-hybridized carbons (Fsp3) is 0.667. The maximum atomic E-state index is 10.8. The Balaban J connectivity index is 2.52. The number of amides is 1. The van der Waals surface area contributed by atoms with Gasteiger partial charge in [0.25, 0.3) is 0 Å². The lowest BCUT2D eigenvalue weighted by Crippen LogP contribution is -2.40. The van der Waals surface area contributed by atoms with E-state index in [1.54, 1.807) is 0 Å². The zero-order valence-corrected chi connectivity index (χ0v) is 5.96. The quantitative estimate of drug-likeness (QED) is 0.436. The second kappa shape index (κ2) is 3.34. The molecule has 62 valence electrons. The molecule has 1 saturated heterocycles. The van der Waals surface area contributed by atoms with E-state index < -0.39 is 12.0 Å². The van der Waals surface area contributed by atoms with Gasteiger partial charge in [0.1, 0.15) is 6.04 Å². The van der Waals surface area contributed by atoms with Crippen LogP contribution in [0.1, 0.15) is 6.42 Å². The molecule has 1 aliphatic rings. The fourth-order valence-corrected chi connectivity index (χ4v) is 0.951. The summed E-state index contributed by atoms with van der Waals surface area (Å²) in [5.74, 6) is -1.23. The molecule has 1 amide bonds. The number of carboxylic acid groups (broad SMARTS) is 1. The van der Waals surface area contributed by atoms with Gasteiger partial charge in [-0.15, -0.1) is 0 Å². The van der Waals surface area contributed by atoms with Crippen molar-refractivity contribution >= 4 is 11.9 Å². The fourth-order valence-electron chi connectivity index (χ4n) is 0.951. The molecule has 1 aliphatic heterocycles. The third-order valence-electron chi connectivity index (χ3n) is 1.53. The minimum atomic E-state index is -0.970. The van der Waals surface area contributed by atoms with E-state index in [1.807, 2.05) is 0 Å². The zero-order chi connectivity index (χ0) is 8.27. The summed E-state index contributed by atoms with van der Waals surface area (Å²) in [6, 6.07) is -0.725. The molecule has 0 aliphatic carbocycles. The van der Waals surface area contributed by atoms with Crippen molar-refractivity contribution < 1.29 is 14.7 Å². The van der Waals surface area contributed by atoms with Gasteiger partial charge in [-0.05, 0) is 13.0 Å². The summed E-state index contributed by atoms with van der Waals surface area (Å²) in [4.78, 5) is 21.2. The second-order valence-electron chi connectivity index (χ2n) is 2.42. The molecule has 0 aromatic heterocycles. The summed E-state index contributed by atoms with van der Waals surface area (Å²) in [6.07, 6.45) is 0.446. The Morgan fingerprint density at radius 2 is 2.36 bits per heavy atom. The standard InChI is InChI=1S/C6H10N2O3/c9-5-3-7-2-1-4(8-5)6(10)11/h4,7H,1-3H2,(H,8,9)(H,10,11). The summed E-state index contributed by atoms with van der Waals surface area (Å²) >= 11 is 0. The van der Waals surface area contributed by atoms with Crippen LogP contribution in [-0.2, 0) is 9.59 Å². The number of carbonyl (C=O) groups is 2. The average molecular weight is 158 g/mol. The summed E-state index contributed by atoms with van der Waals surface area (Å²) in [5.41, 5.74) is 0. The average Bonchev–Trinajstić information content (AvgIpc) is 2.13. The second-order valence-corrected chi connectivity index (χ2v) is 2.42. The van der Waals surface area contributed by atoms with Crippen molar-refractivity contribution in [2.75, 3.05) is 13.1 Å². The van der Waals surface area contributed by atoms with Crippen LogP contribution in [0.15, 0.2) is 0 Å². The van der Waals surface area contributed by atoms with Crippen LogP contribution in [-0.4, -0.2) is 36.1 Å². The molecule has 0 saturated carbocycles. The Hall–Kier alpha value is -1.10. The van der Waals surface area contributed by atoms with Gasteiger partial charge in [0.05, 0.1) is 6.54 Å². The van der Waals surface area contributed by atoms with E-state index in [0.29, 0.717) is 13.0 Å². The molecule has 11 heavy (non-hydrogen) atoms. The first-order valence-corrected chi connectivity index (χ1v) is 3.43. The van der Waals surface area contributed by atoms with Crippen molar-refractivity contribution in [1.82, 2.24) is 10.6 Å². The Kier molecular flexibility index (Phi) is 2.43. The van der Waals surface area contributed by atoms with Gasteiger partial charge in [0, 0.05) is 0 Å². The SMILES string of the molecule is O=C1CNCCC(C(=O)O)N1. The van der Waals surface area contributed by atoms with Crippen molar-refractivity contribution in [3.05, 3.63) is 0 Å².